The monoisotopic (exact) mass is 420 g/mol. The van der Waals surface area contributed by atoms with E-state index in [-0.39, 0.29) is 0 Å². The number of rotatable bonds is 2. The van der Waals surface area contributed by atoms with Crippen LogP contribution in [0.3, 0.4) is 0 Å². The van der Waals surface area contributed by atoms with E-state index < -0.39 is 17.6 Å². The van der Waals surface area contributed by atoms with E-state index in [0.29, 0.717) is 0 Å². The summed E-state index contributed by atoms with van der Waals surface area (Å²) < 4.78 is 3.13. The van der Waals surface area contributed by atoms with Gasteiger partial charge in [0.05, 0.1) is 0 Å². The molecule has 0 spiro atoms. The first-order chi connectivity index (χ1) is 8.34. The molecule has 0 fully saturated rings. The van der Waals surface area contributed by atoms with Crippen LogP contribution in [0.2, 0.25) is 0 Å². The van der Waals surface area contributed by atoms with Gasteiger partial charge in [0.2, 0.25) is 0 Å². The van der Waals surface area contributed by atoms with Gasteiger partial charge in [0.1, 0.15) is 0 Å². The zero-order valence-electron chi connectivity index (χ0n) is 9.46. The van der Waals surface area contributed by atoms with Gasteiger partial charge in [0, 0.05) is 0 Å². The number of fused-ring (bicyclic) bond motifs is 1. The van der Waals surface area contributed by atoms with Crippen LogP contribution in [0, 0.1) is 6.45 Å². The molecule has 0 saturated heterocycles. The van der Waals surface area contributed by atoms with Crippen LogP contribution in [0.4, 0.5) is 0 Å². The van der Waals surface area contributed by atoms with Crippen molar-refractivity contribution in [2.75, 3.05) is 0 Å². The molecule has 3 rings (SSSR count). The van der Waals surface area contributed by atoms with E-state index in [9.17, 15) is 0 Å². The number of halogens is 2. The molecule has 1 heterocycles. The third kappa shape index (κ3) is 2.61. The van der Waals surface area contributed by atoms with E-state index >= 15 is 0 Å². The molecule has 3 heteroatoms. The summed E-state index contributed by atoms with van der Waals surface area (Å²) in [5.74, 6) is 0. The Labute approximate surface area is 120 Å². The van der Waals surface area contributed by atoms with Crippen LogP contribution < -0.4 is 0 Å². The molecule has 1 aromatic carbocycles. The third-order valence-corrected chi connectivity index (χ3v) is 14.7. The number of aryl methyl sites for hydroxylation is 2. The molecule has 0 saturated carbocycles. The van der Waals surface area contributed by atoms with E-state index in [1.165, 1.54) is 29.3 Å². The Hall–Kier alpha value is 0.130. The van der Waals surface area contributed by atoms with Gasteiger partial charge in [-0.15, -0.1) is 0 Å². The summed E-state index contributed by atoms with van der Waals surface area (Å²) in [5, 5.41) is 0. The molecule has 90 valence electrons. The Bertz CT molecular complexity index is 483. The Morgan fingerprint density at radius 2 is 1.82 bits per heavy atom. The van der Waals surface area contributed by atoms with Gasteiger partial charge in [-0.2, -0.15) is 0 Å². The predicted octanol–water partition coefficient (Wildman–Crippen LogP) is 5.48. The Morgan fingerprint density at radius 3 is 2.59 bits per heavy atom. The first-order valence-corrected chi connectivity index (χ1v) is 13.7. The van der Waals surface area contributed by atoms with Crippen LogP contribution >= 0.6 is 41.6 Å². The normalized spacial score (nSPS) is 15.5. The Morgan fingerprint density at radius 1 is 1.06 bits per heavy atom. The number of thiophene rings is 1. The van der Waals surface area contributed by atoms with Gasteiger partial charge >= 0.3 is 121 Å². The zero-order chi connectivity index (χ0) is 11.7. The summed E-state index contributed by atoms with van der Waals surface area (Å²) in [7, 11) is 0. The number of hydrogen-bond acceptors (Lipinski definition) is 1. The summed E-state index contributed by atoms with van der Waals surface area (Å²) >= 11 is 4.77. The Kier molecular flexibility index (Phi) is 3.87. The topological polar surface area (TPSA) is 0 Å². The van der Waals surface area contributed by atoms with Crippen molar-refractivity contribution in [3.05, 3.63) is 53.3 Å². The van der Waals surface area contributed by atoms with Crippen LogP contribution in [-0.2, 0) is 12.8 Å². The van der Waals surface area contributed by atoms with E-state index in [2.05, 4.69) is 60.4 Å². The second-order valence-corrected chi connectivity index (χ2v) is 13.9. The Balaban J connectivity index is 1.91. The predicted molar refractivity (Wildman–Crippen MR) is 87.7 cm³/mol. The van der Waals surface area contributed by atoms with Crippen LogP contribution in [0.1, 0.15) is 23.3 Å². The fourth-order valence-corrected chi connectivity index (χ4v) is 10.6. The molecule has 0 amide bonds. The first-order valence-electron chi connectivity index (χ1n) is 5.87. The summed E-state index contributed by atoms with van der Waals surface area (Å²) in [4.78, 5) is 1.66. The molecular weight excluding hydrogens is 407 g/mol. The van der Waals surface area contributed by atoms with Crippen molar-refractivity contribution in [1.82, 2.24) is 0 Å². The van der Waals surface area contributed by atoms with Crippen molar-refractivity contribution < 1.29 is 0 Å². The van der Waals surface area contributed by atoms with Crippen molar-refractivity contribution >= 4 is 41.6 Å². The first kappa shape index (κ1) is 12.2. The molecule has 0 nitrogen and oxygen atoms in total. The van der Waals surface area contributed by atoms with Crippen LogP contribution in [0.15, 0.2) is 36.4 Å². The fraction of sp³-hybridized carbons (Fsp3) is 0.286. The van der Waals surface area contributed by atoms with E-state index in [1.807, 2.05) is 0 Å². The molecule has 1 aromatic heterocycles. The van der Waals surface area contributed by atoms with Gasteiger partial charge in [0.15, 0.2) is 0 Å². The summed E-state index contributed by atoms with van der Waals surface area (Å²) in [5.41, 5.74) is 1.63. The van der Waals surface area contributed by atoms with Gasteiger partial charge in [-0.25, -0.2) is 0 Å². The van der Waals surface area contributed by atoms with Crippen molar-refractivity contribution in [1.29, 1.82) is 0 Å². The molecule has 0 radical (unpaired) electrons. The third-order valence-electron chi connectivity index (χ3n) is 3.05. The molecule has 0 N–H and O–H groups in total. The van der Waals surface area contributed by atoms with Gasteiger partial charge in [-0.05, 0) is 0 Å². The van der Waals surface area contributed by atoms with Crippen molar-refractivity contribution in [3.8, 4) is 0 Å². The van der Waals surface area contributed by atoms with E-state index in [0.717, 1.165) is 0 Å². The molecule has 1 aliphatic rings. The van der Waals surface area contributed by atoms with Gasteiger partial charge in [-0.1, -0.05) is 0 Å². The van der Waals surface area contributed by atoms with Crippen molar-refractivity contribution in [2.24, 2.45) is 0 Å². The number of hydrogen-bond donors (Lipinski definition) is 0. The molecule has 0 bridgehead atoms. The quantitative estimate of drug-likeness (QED) is 0.564. The van der Waals surface area contributed by atoms with Gasteiger partial charge < -0.3 is 0 Å². The molecule has 0 aliphatic heterocycles. The maximum absolute atomic E-state index is 3.99. The van der Waals surface area contributed by atoms with Crippen molar-refractivity contribution in [3.63, 3.8) is 0 Å². The minimum absolute atomic E-state index is 1.28. The van der Waals surface area contributed by atoms with Crippen LogP contribution in [0.25, 0.3) is 0 Å². The van der Waals surface area contributed by atoms with E-state index in [4.69, 9.17) is 0 Å². The summed E-state index contributed by atoms with van der Waals surface area (Å²) in [6.45, 7) is 0. The fourth-order valence-electron chi connectivity index (χ4n) is 2.17. The number of benzene rings is 1. The molecule has 1 aliphatic carbocycles. The van der Waals surface area contributed by atoms with Gasteiger partial charge in [-0.3, -0.25) is 0 Å². The summed E-state index contributed by atoms with van der Waals surface area (Å²) in [6.07, 6.45) is 5.38. The van der Waals surface area contributed by atoms with Gasteiger partial charge in [0.25, 0.3) is 0 Å². The molecule has 2 aromatic rings. The second kappa shape index (κ2) is 5.41. The average molecular weight is 421 g/mol. The summed E-state index contributed by atoms with van der Waals surface area (Å²) in [6, 6.07) is 13.4. The average Bonchev–Trinajstić information content (AvgIpc) is 2.82. The molecule has 0 unspecified atom stereocenters. The van der Waals surface area contributed by atoms with Crippen molar-refractivity contribution in [2.45, 2.75) is 25.7 Å². The standard InChI is InChI=1S/C14H14BrIS/c15-16(12-7-2-1-3-8-12)14-10-11-6-4-5-9-13(11)17-14/h1-3,7-8,10H,4-6,9H2. The molecule has 0 atom stereocenters. The molecular formula is C14H14BrIS. The SMILES string of the molecule is BrI(c1ccccc1)c1cc2c(s1)CCCC2. The van der Waals surface area contributed by atoms with E-state index in [1.54, 1.807) is 13.3 Å². The maximum atomic E-state index is 3.99. The zero-order valence-corrected chi connectivity index (χ0v) is 14.0. The minimum atomic E-state index is -1.28. The second-order valence-electron chi connectivity index (χ2n) is 4.24. The van der Waals surface area contributed by atoms with Crippen LogP contribution in [-0.4, -0.2) is 0 Å². The molecule has 17 heavy (non-hydrogen) atoms. The van der Waals surface area contributed by atoms with Crippen LogP contribution in [0.5, 0.6) is 0 Å².